The third-order valence-corrected chi connectivity index (χ3v) is 2.41. The molecule has 0 saturated heterocycles. The number of rotatable bonds is 5. The van der Waals surface area contributed by atoms with Crippen LogP contribution in [0.4, 0.5) is 8.78 Å². The number of hydrogen-bond donors (Lipinski definition) is 2. The predicted molar refractivity (Wildman–Crippen MR) is 62.8 cm³/mol. The lowest BCUT2D eigenvalue weighted by atomic mass is 10.1. The maximum Gasteiger partial charge on any atom is 0.237 e. The van der Waals surface area contributed by atoms with Gasteiger partial charge in [0.25, 0.3) is 0 Å². The van der Waals surface area contributed by atoms with Crippen molar-refractivity contribution in [3.05, 3.63) is 35.4 Å². The molecule has 0 radical (unpaired) electrons. The average molecular weight is 258 g/mol. The van der Waals surface area contributed by atoms with Gasteiger partial charge in [-0.3, -0.25) is 4.79 Å². The summed E-state index contributed by atoms with van der Waals surface area (Å²) in [6.45, 7) is 1.67. The molecule has 0 fully saturated rings. The van der Waals surface area contributed by atoms with Crippen molar-refractivity contribution in [2.75, 3.05) is 13.7 Å². The number of ether oxygens (including phenoxy) is 1. The number of hydrogen-bond acceptors (Lipinski definition) is 3. The van der Waals surface area contributed by atoms with Crippen LogP contribution in [0.2, 0.25) is 0 Å². The molecule has 0 aliphatic rings. The molecule has 3 N–H and O–H groups in total. The summed E-state index contributed by atoms with van der Waals surface area (Å²) >= 11 is 0. The van der Waals surface area contributed by atoms with Crippen LogP contribution < -0.4 is 11.1 Å². The molecule has 1 aromatic rings. The first-order valence-electron chi connectivity index (χ1n) is 5.45. The van der Waals surface area contributed by atoms with E-state index in [1.807, 2.05) is 0 Å². The van der Waals surface area contributed by atoms with E-state index >= 15 is 0 Å². The van der Waals surface area contributed by atoms with Crippen LogP contribution in [0, 0.1) is 11.6 Å². The van der Waals surface area contributed by atoms with Crippen LogP contribution in [0.5, 0.6) is 0 Å². The Labute approximate surface area is 104 Å². The Morgan fingerprint density at radius 3 is 2.61 bits per heavy atom. The van der Waals surface area contributed by atoms with Crippen molar-refractivity contribution < 1.29 is 18.3 Å². The molecule has 0 aliphatic carbocycles. The summed E-state index contributed by atoms with van der Waals surface area (Å²) in [5.74, 6) is -2.29. The Balaban J connectivity index is 2.89. The van der Waals surface area contributed by atoms with E-state index in [0.717, 1.165) is 12.1 Å². The van der Waals surface area contributed by atoms with E-state index in [9.17, 15) is 13.6 Å². The van der Waals surface area contributed by atoms with Gasteiger partial charge in [-0.1, -0.05) is 6.07 Å². The van der Waals surface area contributed by atoms with E-state index in [2.05, 4.69) is 5.32 Å². The topological polar surface area (TPSA) is 64.3 Å². The lowest BCUT2D eigenvalue weighted by Gasteiger charge is -2.19. The summed E-state index contributed by atoms with van der Waals surface area (Å²) < 4.78 is 30.9. The van der Waals surface area contributed by atoms with Crippen molar-refractivity contribution in [3.8, 4) is 0 Å². The number of nitrogens with one attached hydrogen (secondary N) is 1. The van der Waals surface area contributed by atoms with Gasteiger partial charge in [-0.05, 0) is 24.6 Å². The van der Waals surface area contributed by atoms with Crippen LogP contribution in [0.3, 0.4) is 0 Å². The maximum atomic E-state index is 13.1. The van der Waals surface area contributed by atoms with E-state index < -0.39 is 23.7 Å². The summed E-state index contributed by atoms with van der Waals surface area (Å²) in [6.07, 6.45) is 0. The van der Waals surface area contributed by atoms with Crippen LogP contribution in [0.15, 0.2) is 18.2 Å². The summed E-state index contributed by atoms with van der Waals surface area (Å²) in [6, 6.07) is 2.17. The normalized spacial score (nSPS) is 14.1. The molecule has 0 aromatic heterocycles. The van der Waals surface area contributed by atoms with Gasteiger partial charge in [-0.25, -0.2) is 8.78 Å². The number of carbonyl (C=O) groups is 1. The highest BCUT2D eigenvalue weighted by molar-refractivity contribution is 5.81. The van der Waals surface area contributed by atoms with Gasteiger partial charge in [0.05, 0.1) is 18.7 Å². The van der Waals surface area contributed by atoms with E-state index in [1.54, 1.807) is 0 Å². The van der Waals surface area contributed by atoms with Crippen molar-refractivity contribution >= 4 is 5.91 Å². The molecule has 1 amide bonds. The predicted octanol–water partition coefficient (Wildman–Crippen LogP) is 1.12. The van der Waals surface area contributed by atoms with Gasteiger partial charge in [0.1, 0.15) is 0 Å². The molecule has 6 heteroatoms. The fourth-order valence-corrected chi connectivity index (χ4v) is 1.42. The smallest absolute Gasteiger partial charge is 0.237 e. The van der Waals surface area contributed by atoms with Crippen molar-refractivity contribution in [2.24, 2.45) is 5.73 Å². The lowest BCUT2D eigenvalue weighted by Crippen LogP contribution is -2.41. The number of benzene rings is 1. The standard InChI is InChI=1S/C12H16F2N2O2/c1-7(15)12(17)16-11(6-18-2)8-3-4-9(13)10(14)5-8/h3-5,7,11H,6,15H2,1-2H3,(H,16,17)/t7-,11?/m1/s1. The van der Waals surface area contributed by atoms with Gasteiger partial charge in [0, 0.05) is 7.11 Å². The Hall–Kier alpha value is -1.53. The zero-order valence-electron chi connectivity index (χ0n) is 10.2. The highest BCUT2D eigenvalue weighted by atomic mass is 19.2. The molecule has 0 bridgehead atoms. The van der Waals surface area contributed by atoms with Gasteiger partial charge >= 0.3 is 0 Å². The van der Waals surface area contributed by atoms with E-state index in [4.69, 9.17) is 10.5 Å². The largest absolute Gasteiger partial charge is 0.382 e. The zero-order valence-corrected chi connectivity index (χ0v) is 10.2. The van der Waals surface area contributed by atoms with Gasteiger partial charge in [-0.2, -0.15) is 0 Å². The summed E-state index contributed by atoms with van der Waals surface area (Å²) in [7, 11) is 1.45. The van der Waals surface area contributed by atoms with E-state index in [0.29, 0.717) is 5.56 Å². The van der Waals surface area contributed by atoms with E-state index in [1.165, 1.54) is 20.1 Å². The molecule has 18 heavy (non-hydrogen) atoms. The van der Waals surface area contributed by atoms with Crippen LogP contribution in [0.25, 0.3) is 0 Å². The Kier molecular flexibility index (Phi) is 5.18. The van der Waals surface area contributed by atoms with Crippen molar-refractivity contribution in [2.45, 2.75) is 19.0 Å². The minimum atomic E-state index is -0.969. The molecule has 0 spiro atoms. The molecule has 100 valence electrons. The molecule has 4 nitrogen and oxygen atoms in total. The maximum absolute atomic E-state index is 13.1. The first-order valence-corrected chi connectivity index (χ1v) is 5.45. The summed E-state index contributed by atoms with van der Waals surface area (Å²) in [5.41, 5.74) is 5.85. The number of methoxy groups -OCH3 is 1. The van der Waals surface area contributed by atoms with E-state index in [-0.39, 0.29) is 12.5 Å². The van der Waals surface area contributed by atoms with Crippen molar-refractivity contribution in [3.63, 3.8) is 0 Å². The van der Waals surface area contributed by atoms with Crippen LogP contribution in [-0.2, 0) is 9.53 Å². The Bertz CT molecular complexity index is 425. The second kappa shape index (κ2) is 6.42. The SMILES string of the molecule is COCC(NC(=O)[C@@H](C)N)c1ccc(F)c(F)c1. The second-order valence-electron chi connectivity index (χ2n) is 3.98. The number of carbonyl (C=O) groups excluding carboxylic acids is 1. The molecule has 0 heterocycles. The molecule has 0 saturated carbocycles. The molecule has 0 aliphatic heterocycles. The highest BCUT2D eigenvalue weighted by Crippen LogP contribution is 2.17. The minimum Gasteiger partial charge on any atom is -0.382 e. The Morgan fingerprint density at radius 1 is 1.44 bits per heavy atom. The highest BCUT2D eigenvalue weighted by Gasteiger charge is 2.18. The molecule has 1 aromatic carbocycles. The van der Waals surface area contributed by atoms with Gasteiger partial charge in [0.2, 0.25) is 5.91 Å². The first-order chi connectivity index (χ1) is 8.45. The number of nitrogens with two attached hydrogens (primary N) is 1. The van der Waals surface area contributed by atoms with Gasteiger partial charge in [0.15, 0.2) is 11.6 Å². The summed E-state index contributed by atoms with van der Waals surface area (Å²) in [4.78, 5) is 11.5. The van der Waals surface area contributed by atoms with Crippen LogP contribution in [-0.4, -0.2) is 25.7 Å². The second-order valence-corrected chi connectivity index (χ2v) is 3.98. The van der Waals surface area contributed by atoms with Gasteiger partial charge < -0.3 is 15.8 Å². The third kappa shape index (κ3) is 3.75. The monoisotopic (exact) mass is 258 g/mol. The zero-order chi connectivity index (χ0) is 13.7. The molecule has 1 rings (SSSR count). The number of halogens is 2. The first kappa shape index (κ1) is 14.5. The lowest BCUT2D eigenvalue weighted by molar-refractivity contribution is -0.123. The molecular formula is C12H16F2N2O2. The van der Waals surface area contributed by atoms with Gasteiger partial charge in [-0.15, -0.1) is 0 Å². The third-order valence-electron chi connectivity index (χ3n) is 2.41. The minimum absolute atomic E-state index is 0.142. The van der Waals surface area contributed by atoms with Crippen molar-refractivity contribution in [1.29, 1.82) is 0 Å². The number of amides is 1. The molecule has 1 unspecified atom stereocenters. The van der Waals surface area contributed by atoms with Crippen LogP contribution >= 0.6 is 0 Å². The summed E-state index contributed by atoms with van der Waals surface area (Å²) in [5, 5.41) is 2.60. The fourth-order valence-electron chi connectivity index (χ4n) is 1.42. The fraction of sp³-hybridized carbons (Fsp3) is 0.417. The average Bonchev–Trinajstić information content (AvgIpc) is 2.32. The quantitative estimate of drug-likeness (QED) is 0.831. The molecular weight excluding hydrogens is 242 g/mol. The Morgan fingerprint density at radius 2 is 2.11 bits per heavy atom. The van der Waals surface area contributed by atoms with Crippen LogP contribution in [0.1, 0.15) is 18.5 Å². The van der Waals surface area contributed by atoms with Crippen molar-refractivity contribution in [1.82, 2.24) is 5.32 Å². The molecule has 2 atom stereocenters.